The quantitative estimate of drug-likeness (QED) is 0.418. The van der Waals surface area contributed by atoms with Gasteiger partial charge in [0, 0.05) is 21.6 Å². The Morgan fingerprint density at radius 3 is 2.52 bits per heavy atom. The fourth-order valence-electron chi connectivity index (χ4n) is 3.92. The molecule has 1 amide bonds. The number of piperidine rings is 1. The molecule has 0 saturated carbocycles. The van der Waals surface area contributed by atoms with Crippen LogP contribution in [0.2, 0.25) is 5.02 Å². The number of carbonyl (C=O) groups excluding carboxylic acids is 1. The molecule has 1 fully saturated rings. The number of aromatic nitrogens is 2. The average Bonchev–Trinajstić information content (AvgIpc) is 3.25. The van der Waals surface area contributed by atoms with Gasteiger partial charge in [0.1, 0.15) is 0 Å². The molecule has 2 aromatic carbocycles. The first-order valence-electron chi connectivity index (χ1n) is 11.1. The van der Waals surface area contributed by atoms with Crippen LogP contribution < -0.4 is 5.32 Å². The van der Waals surface area contributed by atoms with Crippen LogP contribution in [0.4, 0.5) is 5.69 Å². The van der Waals surface area contributed by atoms with Crippen molar-refractivity contribution in [2.24, 2.45) is 5.92 Å². The maximum Gasteiger partial charge on any atom is 0.241 e. The van der Waals surface area contributed by atoms with Crippen molar-refractivity contribution in [2.75, 3.05) is 18.4 Å². The first-order chi connectivity index (χ1) is 15.7. The van der Waals surface area contributed by atoms with Crippen molar-refractivity contribution in [2.45, 2.75) is 45.6 Å². The number of nitrogens with one attached hydrogen (secondary N) is 1. The average molecular weight is 532 g/mol. The molecule has 1 aromatic heterocycles. The number of amides is 1. The van der Waals surface area contributed by atoms with Crippen LogP contribution in [-0.4, -0.2) is 34.0 Å². The van der Waals surface area contributed by atoms with Gasteiger partial charge >= 0.3 is 0 Å². The van der Waals surface area contributed by atoms with Crippen LogP contribution in [-0.2, 0) is 16.8 Å². The minimum atomic E-state index is -0.0248. The molecule has 1 saturated heterocycles. The van der Waals surface area contributed by atoms with E-state index in [4.69, 9.17) is 16.1 Å². The molecule has 0 atom stereocenters. The molecule has 0 radical (unpaired) electrons. The van der Waals surface area contributed by atoms with Gasteiger partial charge in [-0.3, -0.25) is 9.69 Å². The van der Waals surface area contributed by atoms with Gasteiger partial charge in [0.15, 0.2) is 0 Å². The van der Waals surface area contributed by atoms with E-state index in [9.17, 15) is 4.79 Å². The van der Waals surface area contributed by atoms with Gasteiger partial charge in [-0.1, -0.05) is 61.8 Å². The third-order valence-corrected chi connectivity index (χ3v) is 7.21. The Morgan fingerprint density at radius 2 is 1.88 bits per heavy atom. The summed E-state index contributed by atoms with van der Waals surface area (Å²) >= 11 is 9.48. The molecule has 3 aromatic rings. The molecule has 174 valence electrons. The van der Waals surface area contributed by atoms with Crippen molar-refractivity contribution in [3.05, 3.63) is 63.4 Å². The summed E-state index contributed by atoms with van der Waals surface area (Å²) in [5.74, 6) is 1.21. The zero-order valence-electron chi connectivity index (χ0n) is 19.1. The van der Waals surface area contributed by atoms with Crippen LogP contribution >= 0.6 is 27.5 Å². The lowest BCUT2D eigenvalue weighted by Gasteiger charge is -2.30. The highest BCUT2D eigenvalue weighted by Gasteiger charge is 2.26. The van der Waals surface area contributed by atoms with Crippen LogP contribution in [0, 0.1) is 5.92 Å². The molecule has 1 aliphatic rings. The molecule has 1 N–H and O–H groups in total. The third-order valence-electron chi connectivity index (χ3n) is 5.98. The second-order valence-corrected chi connectivity index (χ2v) is 10.8. The number of carbonyl (C=O) groups is 1. The molecule has 0 unspecified atom stereocenters. The van der Waals surface area contributed by atoms with Crippen molar-refractivity contribution in [3.63, 3.8) is 0 Å². The molecule has 0 aliphatic carbocycles. The normalized spacial score (nSPS) is 15.5. The molecule has 8 heteroatoms. The van der Waals surface area contributed by atoms with Gasteiger partial charge in [-0.2, -0.15) is 4.98 Å². The Morgan fingerprint density at radius 1 is 1.18 bits per heavy atom. The smallest absolute Gasteiger partial charge is 0.241 e. The summed E-state index contributed by atoms with van der Waals surface area (Å²) in [6, 6.07) is 13.7. The van der Waals surface area contributed by atoms with Gasteiger partial charge < -0.3 is 9.84 Å². The molecule has 6 nitrogen and oxygen atoms in total. The number of nitrogens with zero attached hydrogens (tertiary/aromatic N) is 3. The number of halogens is 2. The molecule has 0 spiro atoms. The van der Waals surface area contributed by atoms with Gasteiger partial charge in [0.25, 0.3) is 0 Å². The van der Waals surface area contributed by atoms with Crippen LogP contribution in [0.25, 0.3) is 11.4 Å². The highest BCUT2D eigenvalue weighted by Crippen LogP contribution is 2.28. The monoisotopic (exact) mass is 530 g/mol. The lowest BCUT2D eigenvalue weighted by atomic mass is 9.87. The van der Waals surface area contributed by atoms with Gasteiger partial charge in [0.2, 0.25) is 17.6 Å². The van der Waals surface area contributed by atoms with Crippen LogP contribution in [0.3, 0.4) is 0 Å². The highest BCUT2D eigenvalue weighted by molar-refractivity contribution is 9.10. The molecular weight excluding hydrogens is 504 g/mol. The highest BCUT2D eigenvalue weighted by atomic mass is 79.9. The SMILES string of the molecule is CC(C)(C)c1ccc(-c2noc(CN3CCC(C(=O)Nc4ccc(Br)c(Cl)c4)CC3)n2)cc1. The number of likely N-dealkylation sites (tertiary alicyclic amines) is 1. The van der Waals surface area contributed by atoms with Crippen molar-refractivity contribution < 1.29 is 9.32 Å². The fourth-order valence-corrected chi connectivity index (χ4v) is 4.35. The second kappa shape index (κ2) is 9.95. The zero-order valence-corrected chi connectivity index (χ0v) is 21.4. The van der Waals surface area contributed by atoms with E-state index in [1.807, 2.05) is 24.3 Å². The standard InChI is InChI=1S/C25H28BrClN4O2/c1-25(2,3)18-6-4-16(5-7-18)23-29-22(33-30-23)15-31-12-10-17(11-13-31)24(32)28-19-8-9-20(26)21(27)14-19/h4-9,14,17H,10-13,15H2,1-3H3,(H,28,32). The first kappa shape index (κ1) is 23.9. The summed E-state index contributed by atoms with van der Waals surface area (Å²) in [5, 5.41) is 7.71. The van der Waals surface area contributed by atoms with E-state index in [0.717, 1.165) is 36.0 Å². The topological polar surface area (TPSA) is 71.3 Å². The van der Waals surface area contributed by atoms with Crippen molar-refractivity contribution in [1.29, 1.82) is 0 Å². The van der Waals surface area contributed by atoms with E-state index in [2.05, 4.69) is 69.2 Å². The predicted molar refractivity (Wildman–Crippen MR) is 134 cm³/mol. The molecular formula is C25H28BrClN4O2. The molecule has 4 rings (SSSR count). The molecule has 33 heavy (non-hydrogen) atoms. The minimum Gasteiger partial charge on any atom is -0.338 e. The molecule has 0 bridgehead atoms. The second-order valence-electron chi connectivity index (χ2n) is 9.51. The van der Waals surface area contributed by atoms with E-state index in [1.54, 1.807) is 6.07 Å². The summed E-state index contributed by atoms with van der Waals surface area (Å²) in [5.41, 5.74) is 3.03. The maximum absolute atomic E-state index is 12.6. The van der Waals surface area contributed by atoms with E-state index < -0.39 is 0 Å². The Labute approximate surface area is 207 Å². The van der Waals surface area contributed by atoms with Gasteiger partial charge in [-0.05, 0) is 71.0 Å². The number of hydrogen-bond donors (Lipinski definition) is 1. The first-order valence-corrected chi connectivity index (χ1v) is 12.3. The number of rotatable bonds is 5. The fraction of sp³-hybridized carbons (Fsp3) is 0.400. The Balaban J connectivity index is 1.29. The van der Waals surface area contributed by atoms with E-state index in [1.165, 1.54) is 5.56 Å². The van der Waals surface area contributed by atoms with Crippen molar-refractivity contribution >= 4 is 39.1 Å². The predicted octanol–water partition coefficient (Wildman–Crippen LogP) is 6.30. The van der Waals surface area contributed by atoms with E-state index in [-0.39, 0.29) is 17.2 Å². The van der Waals surface area contributed by atoms with Crippen LogP contribution in [0.5, 0.6) is 0 Å². The Kier molecular flexibility index (Phi) is 7.22. The van der Waals surface area contributed by atoms with Gasteiger partial charge in [-0.15, -0.1) is 0 Å². The van der Waals surface area contributed by atoms with E-state index in [0.29, 0.717) is 29.0 Å². The summed E-state index contributed by atoms with van der Waals surface area (Å²) in [6.45, 7) is 8.77. The van der Waals surface area contributed by atoms with Crippen molar-refractivity contribution in [3.8, 4) is 11.4 Å². The lowest BCUT2D eigenvalue weighted by Crippen LogP contribution is -2.37. The zero-order chi connectivity index (χ0) is 23.6. The van der Waals surface area contributed by atoms with Crippen molar-refractivity contribution in [1.82, 2.24) is 15.0 Å². The van der Waals surface area contributed by atoms with Crippen LogP contribution in [0.1, 0.15) is 45.1 Å². The Bertz CT molecular complexity index is 1120. The summed E-state index contributed by atoms with van der Waals surface area (Å²) in [7, 11) is 0. The summed E-state index contributed by atoms with van der Waals surface area (Å²) in [4.78, 5) is 19.5. The summed E-state index contributed by atoms with van der Waals surface area (Å²) in [6.07, 6.45) is 1.57. The van der Waals surface area contributed by atoms with Crippen LogP contribution in [0.15, 0.2) is 51.5 Å². The number of hydrogen-bond acceptors (Lipinski definition) is 5. The van der Waals surface area contributed by atoms with Gasteiger partial charge in [0.05, 0.1) is 11.6 Å². The Hall–Kier alpha value is -2.22. The molecule has 1 aliphatic heterocycles. The summed E-state index contributed by atoms with van der Waals surface area (Å²) < 4.78 is 6.30. The van der Waals surface area contributed by atoms with Gasteiger partial charge in [-0.25, -0.2) is 0 Å². The largest absolute Gasteiger partial charge is 0.338 e. The number of benzene rings is 2. The van der Waals surface area contributed by atoms with E-state index >= 15 is 0 Å². The third kappa shape index (κ3) is 6.02. The minimum absolute atomic E-state index is 0.0248. The number of anilines is 1. The molecule has 2 heterocycles. The lowest BCUT2D eigenvalue weighted by molar-refractivity contribution is -0.121. The maximum atomic E-state index is 12.6.